The molecule has 0 aliphatic carbocycles. The fourth-order valence-electron chi connectivity index (χ4n) is 0.918. The molecular formula is C12H14O3. The largest absolute Gasteiger partial charge is 0.465 e. The van der Waals surface area contributed by atoms with Crippen LogP contribution in [0.15, 0.2) is 42.7 Å². The summed E-state index contributed by atoms with van der Waals surface area (Å²) >= 11 is 0. The molecule has 15 heavy (non-hydrogen) atoms. The first-order valence-electron chi connectivity index (χ1n) is 4.88. The number of carbonyl (C=O) groups excluding carboxylic acids is 1. The monoisotopic (exact) mass is 206 g/mol. The van der Waals surface area contributed by atoms with Crippen LogP contribution in [0.5, 0.6) is 5.75 Å². The van der Waals surface area contributed by atoms with Crippen molar-refractivity contribution in [1.82, 2.24) is 0 Å². The number of hydrogen-bond donors (Lipinski definition) is 0. The maximum absolute atomic E-state index is 11.0. The van der Waals surface area contributed by atoms with Gasteiger partial charge in [0.05, 0.1) is 18.9 Å². The molecule has 3 heteroatoms. The fourth-order valence-corrected chi connectivity index (χ4v) is 0.918. The van der Waals surface area contributed by atoms with E-state index in [1.165, 1.54) is 12.3 Å². The SMILES string of the molecule is CCCOC(=O)C=COc1ccccc1. The van der Waals surface area contributed by atoms with Gasteiger partial charge in [-0.25, -0.2) is 4.79 Å². The molecule has 0 fully saturated rings. The van der Waals surface area contributed by atoms with Crippen molar-refractivity contribution in [2.75, 3.05) is 6.61 Å². The second kappa shape index (κ2) is 6.65. The second-order valence-corrected chi connectivity index (χ2v) is 2.90. The number of carbonyl (C=O) groups is 1. The van der Waals surface area contributed by atoms with E-state index in [4.69, 9.17) is 9.47 Å². The molecule has 0 saturated heterocycles. The molecule has 0 aromatic heterocycles. The minimum absolute atomic E-state index is 0.382. The Morgan fingerprint density at radius 3 is 2.73 bits per heavy atom. The van der Waals surface area contributed by atoms with Gasteiger partial charge in [0.2, 0.25) is 0 Å². The third kappa shape index (κ3) is 4.86. The lowest BCUT2D eigenvalue weighted by Crippen LogP contribution is -2.01. The van der Waals surface area contributed by atoms with Crippen LogP contribution in [0.3, 0.4) is 0 Å². The zero-order chi connectivity index (χ0) is 10.9. The summed E-state index contributed by atoms with van der Waals surface area (Å²) in [5.41, 5.74) is 0. The lowest BCUT2D eigenvalue weighted by molar-refractivity contribution is -0.137. The number of hydrogen-bond acceptors (Lipinski definition) is 3. The Kier molecular flexibility index (Phi) is 5.01. The second-order valence-electron chi connectivity index (χ2n) is 2.90. The number of ether oxygens (including phenoxy) is 2. The first kappa shape index (κ1) is 11.3. The molecule has 0 radical (unpaired) electrons. The van der Waals surface area contributed by atoms with Gasteiger partial charge in [-0.15, -0.1) is 0 Å². The van der Waals surface area contributed by atoms with Crippen molar-refractivity contribution >= 4 is 5.97 Å². The van der Waals surface area contributed by atoms with Crippen LogP contribution in [0.25, 0.3) is 0 Å². The summed E-state index contributed by atoms with van der Waals surface area (Å²) in [6.45, 7) is 2.38. The molecule has 0 N–H and O–H groups in total. The molecule has 0 bridgehead atoms. The van der Waals surface area contributed by atoms with Gasteiger partial charge in [-0.05, 0) is 18.6 Å². The Bertz CT molecular complexity index is 317. The molecule has 1 aromatic carbocycles. The van der Waals surface area contributed by atoms with Crippen molar-refractivity contribution in [2.45, 2.75) is 13.3 Å². The van der Waals surface area contributed by atoms with E-state index in [2.05, 4.69) is 0 Å². The number of benzene rings is 1. The summed E-state index contributed by atoms with van der Waals surface area (Å²) < 4.78 is 10.00. The van der Waals surface area contributed by atoms with Crippen molar-refractivity contribution < 1.29 is 14.3 Å². The maximum atomic E-state index is 11.0. The highest BCUT2D eigenvalue weighted by Crippen LogP contribution is 2.08. The Balaban J connectivity index is 2.30. The van der Waals surface area contributed by atoms with Crippen LogP contribution in [0.1, 0.15) is 13.3 Å². The van der Waals surface area contributed by atoms with Crippen LogP contribution in [-0.2, 0) is 9.53 Å². The predicted octanol–water partition coefficient (Wildman–Crippen LogP) is 2.53. The average Bonchev–Trinajstić information content (AvgIpc) is 2.28. The fraction of sp³-hybridized carbons (Fsp3) is 0.250. The molecular weight excluding hydrogens is 192 g/mol. The highest BCUT2D eigenvalue weighted by molar-refractivity contribution is 5.81. The van der Waals surface area contributed by atoms with E-state index in [1.54, 1.807) is 0 Å². The van der Waals surface area contributed by atoms with Gasteiger partial charge in [0.1, 0.15) is 5.75 Å². The molecule has 0 saturated carbocycles. The van der Waals surface area contributed by atoms with E-state index in [0.717, 1.165) is 6.42 Å². The molecule has 1 rings (SSSR count). The average molecular weight is 206 g/mol. The first-order valence-corrected chi connectivity index (χ1v) is 4.88. The van der Waals surface area contributed by atoms with Crippen LogP contribution in [-0.4, -0.2) is 12.6 Å². The molecule has 1 aromatic rings. The van der Waals surface area contributed by atoms with E-state index in [0.29, 0.717) is 12.4 Å². The van der Waals surface area contributed by atoms with Gasteiger partial charge in [0.25, 0.3) is 0 Å². The molecule has 0 amide bonds. The van der Waals surface area contributed by atoms with Gasteiger partial charge in [-0.1, -0.05) is 25.1 Å². The van der Waals surface area contributed by atoms with Gasteiger partial charge in [0.15, 0.2) is 0 Å². The molecule has 0 atom stereocenters. The predicted molar refractivity (Wildman–Crippen MR) is 57.5 cm³/mol. The smallest absolute Gasteiger partial charge is 0.333 e. The molecule has 0 aliphatic heterocycles. The molecule has 80 valence electrons. The van der Waals surface area contributed by atoms with Crippen LogP contribution < -0.4 is 4.74 Å². The summed E-state index contributed by atoms with van der Waals surface area (Å²) in [7, 11) is 0. The third-order valence-corrected chi connectivity index (χ3v) is 1.60. The van der Waals surface area contributed by atoms with Crippen LogP contribution in [0, 0.1) is 0 Å². The van der Waals surface area contributed by atoms with Gasteiger partial charge in [-0.3, -0.25) is 0 Å². The summed E-state index contributed by atoms with van der Waals surface area (Å²) in [6.07, 6.45) is 3.41. The van der Waals surface area contributed by atoms with Gasteiger partial charge in [-0.2, -0.15) is 0 Å². The van der Waals surface area contributed by atoms with Gasteiger partial charge in [0, 0.05) is 0 Å². The van der Waals surface area contributed by atoms with Crippen molar-refractivity contribution in [3.63, 3.8) is 0 Å². The molecule has 0 unspecified atom stereocenters. The first-order chi connectivity index (χ1) is 7.33. The van der Waals surface area contributed by atoms with Crippen molar-refractivity contribution in [1.29, 1.82) is 0 Å². The number of rotatable bonds is 5. The summed E-state index contributed by atoms with van der Waals surface area (Å²) in [4.78, 5) is 11.0. The van der Waals surface area contributed by atoms with Gasteiger partial charge >= 0.3 is 5.97 Å². The topological polar surface area (TPSA) is 35.5 Å². The highest BCUT2D eigenvalue weighted by atomic mass is 16.5. The van der Waals surface area contributed by atoms with Crippen LogP contribution in [0.4, 0.5) is 0 Å². The van der Waals surface area contributed by atoms with E-state index >= 15 is 0 Å². The van der Waals surface area contributed by atoms with E-state index < -0.39 is 0 Å². The lowest BCUT2D eigenvalue weighted by Gasteiger charge is -1.99. The molecule has 0 aliphatic rings. The maximum Gasteiger partial charge on any atom is 0.333 e. The van der Waals surface area contributed by atoms with E-state index in [1.807, 2.05) is 37.3 Å². The van der Waals surface area contributed by atoms with Crippen LogP contribution in [0.2, 0.25) is 0 Å². The lowest BCUT2D eigenvalue weighted by atomic mass is 10.3. The van der Waals surface area contributed by atoms with Crippen LogP contribution >= 0.6 is 0 Å². The standard InChI is InChI=1S/C12H14O3/c1-2-9-15-12(13)8-10-14-11-6-4-3-5-7-11/h3-8,10H,2,9H2,1H3. The van der Waals surface area contributed by atoms with E-state index in [-0.39, 0.29) is 5.97 Å². The normalized spacial score (nSPS) is 10.2. The highest BCUT2D eigenvalue weighted by Gasteiger charge is 1.94. The molecule has 0 heterocycles. The van der Waals surface area contributed by atoms with Crippen molar-refractivity contribution in [3.05, 3.63) is 42.7 Å². The summed E-state index contributed by atoms with van der Waals surface area (Å²) in [5.74, 6) is 0.310. The quantitative estimate of drug-likeness (QED) is 0.422. The summed E-state index contributed by atoms with van der Waals surface area (Å²) in [5, 5.41) is 0. The Morgan fingerprint density at radius 1 is 1.33 bits per heavy atom. The van der Waals surface area contributed by atoms with Gasteiger partial charge < -0.3 is 9.47 Å². The zero-order valence-electron chi connectivity index (χ0n) is 8.68. The van der Waals surface area contributed by atoms with Crippen molar-refractivity contribution in [2.24, 2.45) is 0 Å². The Hall–Kier alpha value is -1.77. The number of esters is 1. The van der Waals surface area contributed by atoms with Crippen molar-refractivity contribution in [3.8, 4) is 5.75 Å². The molecule has 3 nitrogen and oxygen atoms in total. The third-order valence-electron chi connectivity index (χ3n) is 1.60. The Labute approximate surface area is 89.3 Å². The molecule has 0 spiro atoms. The number of para-hydroxylation sites is 1. The minimum atomic E-state index is -0.382. The minimum Gasteiger partial charge on any atom is -0.465 e. The zero-order valence-corrected chi connectivity index (χ0v) is 8.68. The van der Waals surface area contributed by atoms with E-state index in [9.17, 15) is 4.79 Å². The Morgan fingerprint density at radius 2 is 2.07 bits per heavy atom. The summed E-state index contributed by atoms with van der Waals surface area (Å²) in [6, 6.07) is 9.23.